The van der Waals surface area contributed by atoms with Crippen LogP contribution in [0.2, 0.25) is 0 Å². The van der Waals surface area contributed by atoms with E-state index in [-0.39, 0.29) is 16.0 Å². The van der Waals surface area contributed by atoms with Gasteiger partial charge in [0.25, 0.3) is 0 Å². The molecular formula is C14H8F5N3OS. The number of rotatable bonds is 3. The molecule has 1 N–H and O–H groups in total. The molecule has 0 unspecified atom stereocenters. The maximum absolute atomic E-state index is 12.8. The van der Waals surface area contributed by atoms with E-state index in [2.05, 4.69) is 14.9 Å². The first-order valence-corrected chi connectivity index (χ1v) is 6.90. The van der Waals surface area contributed by atoms with Crippen LogP contribution in [0.15, 0.2) is 36.5 Å². The number of aromatic nitrogens is 3. The summed E-state index contributed by atoms with van der Waals surface area (Å²) in [5.74, 6) is -0.624. The molecule has 0 saturated carbocycles. The summed E-state index contributed by atoms with van der Waals surface area (Å²) < 4.78 is 69.7. The molecule has 126 valence electrons. The molecule has 4 nitrogen and oxygen atoms in total. The van der Waals surface area contributed by atoms with Gasteiger partial charge in [-0.3, -0.25) is 9.50 Å². The Morgan fingerprint density at radius 3 is 2.62 bits per heavy atom. The van der Waals surface area contributed by atoms with Crippen molar-refractivity contribution in [1.29, 1.82) is 0 Å². The van der Waals surface area contributed by atoms with Gasteiger partial charge >= 0.3 is 12.8 Å². The topological polar surface area (TPSA) is 42.3 Å². The van der Waals surface area contributed by atoms with Gasteiger partial charge in [-0.2, -0.15) is 27.1 Å². The van der Waals surface area contributed by atoms with E-state index in [1.807, 2.05) is 0 Å². The number of alkyl halides is 5. The van der Waals surface area contributed by atoms with Crippen LogP contribution in [-0.4, -0.2) is 21.2 Å². The fraction of sp³-hybridized carbons (Fsp3) is 0.143. The van der Waals surface area contributed by atoms with Gasteiger partial charge in [0.2, 0.25) is 0 Å². The van der Waals surface area contributed by atoms with Crippen LogP contribution in [0.5, 0.6) is 5.75 Å². The summed E-state index contributed by atoms with van der Waals surface area (Å²) in [7, 11) is 0. The first kappa shape index (κ1) is 16.4. The van der Waals surface area contributed by atoms with Gasteiger partial charge in [0.15, 0.2) is 4.77 Å². The fourth-order valence-corrected chi connectivity index (χ4v) is 2.46. The minimum absolute atomic E-state index is 0.0155. The van der Waals surface area contributed by atoms with Gasteiger partial charge in [-0.25, -0.2) is 0 Å². The third kappa shape index (κ3) is 2.96. The Morgan fingerprint density at radius 1 is 1.21 bits per heavy atom. The molecule has 0 aliphatic heterocycles. The summed E-state index contributed by atoms with van der Waals surface area (Å²) >= 11 is 5.03. The van der Waals surface area contributed by atoms with Crippen molar-refractivity contribution in [3.05, 3.63) is 46.9 Å². The summed E-state index contributed by atoms with van der Waals surface area (Å²) in [6.07, 6.45) is -3.08. The minimum atomic E-state index is -4.69. The lowest BCUT2D eigenvalue weighted by Crippen LogP contribution is -2.09. The Hall–Kier alpha value is -2.49. The van der Waals surface area contributed by atoms with Gasteiger partial charge in [0, 0.05) is 11.8 Å². The number of halogens is 5. The van der Waals surface area contributed by atoms with E-state index in [1.54, 1.807) is 18.3 Å². The second-order valence-electron chi connectivity index (χ2n) is 4.73. The van der Waals surface area contributed by atoms with Crippen LogP contribution in [0.3, 0.4) is 0 Å². The molecule has 0 aliphatic rings. The number of hydrogen-bond donors (Lipinski definition) is 1. The molecule has 1 aromatic carbocycles. The number of ether oxygens (including phenoxy) is 1. The van der Waals surface area contributed by atoms with Crippen LogP contribution in [0, 0.1) is 4.77 Å². The standard InChI is InChI=1S/C14H8F5N3OS/c15-12(16)23-10-6-7(14(17,18)19)3-4-8(10)11-9-2-1-5-22(9)13(24)21-20-11/h1-6,12H,(H,21,24). The number of benzene rings is 1. The highest BCUT2D eigenvalue weighted by Gasteiger charge is 2.32. The summed E-state index contributed by atoms with van der Waals surface area (Å²) in [4.78, 5) is 0. The van der Waals surface area contributed by atoms with Crippen molar-refractivity contribution >= 4 is 17.7 Å². The molecule has 0 aliphatic carbocycles. The van der Waals surface area contributed by atoms with Crippen LogP contribution < -0.4 is 4.74 Å². The number of nitrogens with one attached hydrogen (secondary N) is 1. The van der Waals surface area contributed by atoms with Crippen LogP contribution in [0.1, 0.15) is 5.56 Å². The largest absolute Gasteiger partial charge is 0.434 e. The number of aromatic amines is 1. The zero-order chi connectivity index (χ0) is 17.5. The van der Waals surface area contributed by atoms with Crippen molar-refractivity contribution in [3.63, 3.8) is 0 Å². The third-order valence-electron chi connectivity index (χ3n) is 3.25. The Morgan fingerprint density at radius 2 is 1.96 bits per heavy atom. The van der Waals surface area contributed by atoms with E-state index in [4.69, 9.17) is 12.2 Å². The lowest BCUT2D eigenvalue weighted by atomic mass is 10.1. The van der Waals surface area contributed by atoms with E-state index >= 15 is 0 Å². The van der Waals surface area contributed by atoms with Crippen molar-refractivity contribution in [1.82, 2.24) is 14.6 Å². The van der Waals surface area contributed by atoms with Gasteiger partial charge < -0.3 is 4.74 Å². The van der Waals surface area contributed by atoms with Crippen molar-refractivity contribution < 1.29 is 26.7 Å². The quantitative estimate of drug-likeness (QED) is 0.544. The van der Waals surface area contributed by atoms with Gasteiger partial charge in [-0.15, -0.1) is 0 Å². The highest BCUT2D eigenvalue weighted by molar-refractivity contribution is 7.71. The lowest BCUT2D eigenvalue weighted by Gasteiger charge is -2.14. The van der Waals surface area contributed by atoms with Crippen LogP contribution in [-0.2, 0) is 6.18 Å². The first-order chi connectivity index (χ1) is 11.3. The highest BCUT2D eigenvalue weighted by Crippen LogP contribution is 2.38. The molecular weight excluding hydrogens is 353 g/mol. The molecule has 3 aromatic rings. The fourth-order valence-electron chi connectivity index (χ4n) is 2.25. The van der Waals surface area contributed by atoms with Gasteiger partial charge in [0.1, 0.15) is 11.4 Å². The normalized spacial score (nSPS) is 12.1. The molecule has 0 amide bonds. The molecule has 0 spiro atoms. The minimum Gasteiger partial charge on any atom is -0.434 e. The second-order valence-corrected chi connectivity index (χ2v) is 5.11. The molecule has 0 fully saturated rings. The smallest absolute Gasteiger partial charge is 0.416 e. The second kappa shape index (κ2) is 5.86. The number of nitrogens with zero attached hydrogens (tertiary/aromatic N) is 2. The predicted molar refractivity (Wildman–Crippen MR) is 77.4 cm³/mol. The van der Waals surface area contributed by atoms with E-state index in [0.29, 0.717) is 11.6 Å². The molecule has 2 heterocycles. The van der Waals surface area contributed by atoms with Gasteiger partial charge in [-0.1, -0.05) is 0 Å². The Labute approximate surface area is 136 Å². The average Bonchev–Trinajstić information content (AvgIpc) is 2.97. The number of fused-ring (bicyclic) bond motifs is 1. The van der Waals surface area contributed by atoms with Crippen molar-refractivity contribution in [2.24, 2.45) is 0 Å². The third-order valence-corrected chi connectivity index (χ3v) is 3.54. The van der Waals surface area contributed by atoms with Gasteiger partial charge in [-0.05, 0) is 42.5 Å². The van der Waals surface area contributed by atoms with Crippen molar-refractivity contribution in [2.75, 3.05) is 0 Å². The molecule has 0 atom stereocenters. The molecule has 0 bridgehead atoms. The molecule has 0 saturated heterocycles. The monoisotopic (exact) mass is 361 g/mol. The van der Waals surface area contributed by atoms with E-state index in [0.717, 1.165) is 12.1 Å². The first-order valence-electron chi connectivity index (χ1n) is 6.49. The SMILES string of the molecule is FC(F)Oc1cc(C(F)(F)F)ccc1-c1n[nH]c(=S)n2cccc12. The van der Waals surface area contributed by atoms with Crippen molar-refractivity contribution in [2.45, 2.75) is 12.8 Å². The lowest BCUT2D eigenvalue weighted by molar-refractivity contribution is -0.138. The molecule has 2 aromatic heterocycles. The summed E-state index contributed by atoms with van der Waals surface area (Å²) in [5, 5.41) is 6.47. The number of H-pyrrole nitrogens is 1. The molecule has 0 radical (unpaired) electrons. The zero-order valence-corrected chi connectivity index (χ0v) is 12.5. The van der Waals surface area contributed by atoms with Gasteiger partial charge in [0.05, 0.1) is 11.1 Å². The Bertz CT molecular complexity index is 947. The van der Waals surface area contributed by atoms with E-state index < -0.39 is 24.1 Å². The summed E-state index contributed by atoms with van der Waals surface area (Å²) in [5.41, 5.74) is -0.536. The maximum atomic E-state index is 12.8. The van der Waals surface area contributed by atoms with Crippen LogP contribution >= 0.6 is 12.2 Å². The summed E-state index contributed by atoms with van der Waals surface area (Å²) in [6, 6.07) is 5.57. The Kier molecular flexibility index (Phi) is 3.99. The number of hydrogen-bond acceptors (Lipinski definition) is 3. The predicted octanol–water partition coefficient (Wildman–Crippen LogP) is 4.68. The van der Waals surface area contributed by atoms with E-state index in [1.165, 1.54) is 4.40 Å². The molecule has 3 rings (SSSR count). The van der Waals surface area contributed by atoms with Crippen LogP contribution in [0.25, 0.3) is 16.8 Å². The highest BCUT2D eigenvalue weighted by atomic mass is 32.1. The zero-order valence-electron chi connectivity index (χ0n) is 11.6. The maximum Gasteiger partial charge on any atom is 0.416 e. The van der Waals surface area contributed by atoms with E-state index in [9.17, 15) is 22.0 Å². The van der Waals surface area contributed by atoms with Crippen LogP contribution in [0.4, 0.5) is 22.0 Å². The Balaban J connectivity index is 2.24. The summed E-state index contributed by atoms with van der Waals surface area (Å²) in [6.45, 7) is -3.28. The molecule has 24 heavy (non-hydrogen) atoms. The molecule has 10 heteroatoms. The average molecular weight is 361 g/mol. The van der Waals surface area contributed by atoms with Crippen molar-refractivity contribution in [3.8, 4) is 17.0 Å².